The fraction of sp³-hybridized carbons (Fsp3) is 0.533. The number of nitriles is 1. The predicted molar refractivity (Wildman–Crippen MR) is 69.8 cm³/mol. The number of carbonyl (C=O) groups is 1. The maximum absolute atomic E-state index is 12.6. The number of nitrogens with zero attached hydrogens (tertiary/aromatic N) is 3. The summed E-state index contributed by atoms with van der Waals surface area (Å²) in [6, 6.07) is 2.14. The fourth-order valence-electron chi connectivity index (χ4n) is 3.23. The van der Waals surface area contributed by atoms with Gasteiger partial charge >= 0.3 is 0 Å². The Kier molecular flexibility index (Phi) is 2.18. The average Bonchev–Trinajstić information content (AvgIpc) is 3.12. The molecule has 4 rings (SSSR count). The molecule has 5 nitrogen and oxygen atoms in total. The minimum absolute atomic E-state index is 0.00769. The normalized spacial score (nSPS) is 28.3. The van der Waals surface area contributed by atoms with Crippen LogP contribution >= 0.6 is 0 Å². The molecule has 3 aliphatic rings. The van der Waals surface area contributed by atoms with E-state index in [4.69, 9.17) is 10.00 Å². The number of amides is 1. The number of hydrogen-bond acceptors (Lipinski definition) is 4. The van der Waals surface area contributed by atoms with Gasteiger partial charge in [-0.1, -0.05) is 6.92 Å². The summed E-state index contributed by atoms with van der Waals surface area (Å²) < 4.78 is 5.90. The first-order valence-electron chi connectivity index (χ1n) is 6.98. The molecule has 2 fully saturated rings. The number of fused-ring (bicyclic) bond motifs is 4. The van der Waals surface area contributed by atoms with E-state index in [2.05, 4.69) is 11.1 Å². The number of pyridine rings is 1. The minimum Gasteiger partial charge on any atom is -0.487 e. The van der Waals surface area contributed by atoms with Gasteiger partial charge in [0.25, 0.3) is 0 Å². The summed E-state index contributed by atoms with van der Waals surface area (Å²) in [6.07, 6.45) is 6.03. The zero-order valence-corrected chi connectivity index (χ0v) is 11.3. The van der Waals surface area contributed by atoms with Crippen molar-refractivity contribution in [2.75, 3.05) is 6.54 Å². The molecule has 2 aliphatic heterocycles. The highest BCUT2D eigenvalue weighted by atomic mass is 16.5. The van der Waals surface area contributed by atoms with E-state index in [0.717, 1.165) is 24.8 Å². The fourth-order valence-corrected chi connectivity index (χ4v) is 3.23. The molecule has 2 bridgehead atoms. The van der Waals surface area contributed by atoms with Gasteiger partial charge in [0.15, 0.2) is 0 Å². The van der Waals surface area contributed by atoms with E-state index < -0.39 is 0 Å². The summed E-state index contributed by atoms with van der Waals surface area (Å²) in [5.41, 5.74) is 1.18. The second-order valence-electron chi connectivity index (χ2n) is 6.23. The van der Waals surface area contributed by atoms with Crippen molar-refractivity contribution in [3.63, 3.8) is 0 Å². The second-order valence-corrected chi connectivity index (χ2v) is 6.23. The third-order valence-corrected chi connectivity index (χ3v) is 4.73. The van der Waals surface area contributed by atoms with Crippen LogP contribution in [0.2, 0.25) is 0 Å². The van der Waals surface area contributed by atoms with E-state index in [1.807, 2.05) is 11.8 Å². The van der Waals surface area contributed by atoms with Crippen molar-refractivity contribution in [3.8, 4) is 11.8 Å². The standard InChI is InChI=1S/C15H15N3O2/c1-15(2-3-15)14(19)18-8-10-4-12(18)11-7-17-6-9(5-16)13(11)20-10/h6-7,10,12H,2-4,8H2,1H3/t10-,12-/m0/s1. The molecular formula is C15H15N3O2. The summed E-state index contributed by atoms with van der Waals surface area (Å²) in [6.45, 7) is 2.65. The lowest BCUT2D eigenvalue weighted by molar-refractivity contribution is -0.137. The zero-order valence-electron chi connectivity index (χ0n) is 11.3. The van der Waals surface area contributed by atoms with Crippen molar-refractivity contribution in [2.24, 2.45) is 5.41 Å². The maximum atomic E-state index is 12.6. The zero-order chi connectivity index (χ0) is 13.9. The van der Waals surface area contributed by atoms with Crippen molar-refractivity contribution < 1.29 is 9.53 Å². The van der Waals surface area contributed by atoms with E-state index in [-0.39, 0.29) is 23.5 Å². The van der Waals surface area contributed by atoms with Gasteiger partial charge in [-0.2, -0.15) is 5.26 Å². The van der Waals surface area contributed by atoms with Crippen molar-refractivity contribution in [3.05, 3.63) is 23.5 Å². The van der Waals surface area contributed by atoms with Crippen molar-refractivity contribution in [1.29, 1.82) is 5.26 Å². The van der Waals surface area contributed by atoms with Gasteiger partial charge in [0, 0.05) is 29.8 Å². The van der Waals surface area contributed by atoms with Gasteiger partial charge in [-0.15, -0.1) is 0 Å². The maximum Gasteiger partial charge on any atom is 0.229 e. The van der Waals surface area contributed by atoms with Crippen molar-refractivity contribution in [1.82, 2.24) is 9.88 Å². The Balaban J connectivity index is 1.75. The first-order chi connectivity index (χ1) is 9.62. The van der Waals surface area contributed by atoms with E-state index in [0.29, 0.717) is 17.9 Å². The number of aromatic nitrogens is 1. The number of hydrogen-bond donors (Lipinski definition) is 0. The van der Waals surface area contributed by atoms with Crippen LogP contribution in [0.5, 0.6) is 5.75 Å². The first-order valence-corrected chi connectivity index (χ1v) is 6.98. The monoisotopic (exact) mass is 269 g/mol. The van der Waals surface area contributed by atoms with Crippen LogP contribution < -0.4 is 4.74 Å². The Hall–Kier alpha value is -2.09. The Bertz CT molecular complexity index is 645. The molecule has 0 radical (unpaired) electrons. The van der Waals surface area contributed by atoms with Crippen molar-refractivity contribution in [2.45, 2.75) is 38.3 Å². The Labute approximate surface area is 117 Å². The Morgan fingerprint density at radius 1 is 1.55 bits per heavy atom. The molecule has 0 aromatic carbocycles. The number of likely N-dealkylation sites (tertiary alicyclic amines) is 1. The second kappa shape index (κ2) is 3.72. The smallest absolute Gasteiger partial charge is 0.229 e. The number of carbonyl (C=O) groups excluding carboxylic acids is 1. The predicted octanol–water partition coefficient (Wildman–Crippen LogP) is 1.79. The van der Waals surface area contributed by atoms with E-state index in [1.165, 1.54) is 6.20 Å². The SMILES string of the molecule is CC1(C(=O)N2C[C@@H]3C[C@H]2c2cncc(C#N)c2O3)CC1. The average molecular weight is 269 g/mol. The third-order valence-electron chi connectivity index (χ3n) is 4.73. The topological polar surface area (TPSA) is 66.2 Å². The summed E-state index contributed by atoms with van der Waals surface area (Å²) in [7, 11) is 0. The highest BCUT2D eigenvalue weighted by Crippen LogP contribution is 2.51. The Morgan fingerprint density at radius 2 is 2.35 bits per heavy atom. The molecule has 3 heterocycles. The quantitative estimate of drug-likeness (QED) is 0.779. The molecule has 1 aliphatic carbocycles. The van der Waals surface area contributed by atoms with E-state index >= 15 is 0 Å². The lowest BCUT2D eigenvalue weighted by Crippen LogP contribution is -2.36. The summed E-state index contributed by atoms with van der Waals surface area (Å²) in [5, 5.41) is 9.15. The Morgan fingerprint density at radius 3 is 3.05 bits per heavy atom. The van der Waals surface area contributed by atoms with Crippen LogP contribution in [-0.2, 0) is 4.79 Å². The van der Waals surface area contributed by atoms with Crippen molar-refractivity contribution >= 4 is 5.91 Å². The van der Waals surface area contributed by atoms with Gasteiger partial charge in [0.2, 0.25) is 5.91 Å². The summed E-state index contributed by atoms with van der Waals surface area (Å²) in [5.74, 6) is 0.851. The molecule has 1 aromatic rings. The highest BCUT2D eigenvalue weighted by molar-refractivity contribution is 5.86. The van der Waals surface area contributed by atoms with Crippen LogP contribution in [0.1, 0.15) is 43.4 Å². The van der Waals surface area contributed by atoms with Gasteiger partial charge in [-0.05, 0) is 12.8 Å². The van der Waals surface area contributed by atoms with Crippen LogP contribution in [0.15, 0.2) is 12.4 Å². The van der Waals surface area contributed by atoms with Gasteiger partial charge in [0.1, 0.15) is 23.5 Å². The van der Waals surface area contributed by atoms with E-state index in [9.17, 15) is 4.79 Å². The number of rotatable bonds is 1. The molecular weight excluding hydrogens is 254 g/mol. The van der Waals surface area contributed by atoms with Gasteiger partial charge in [-0.3, -0.25) is 9.78 Å². The highest BCUT2D eigenvalue weighted by Gasteiger charge is 2.52. The van der Waals surface area contributed by atoms with Crippen LogP contribution in [-0.4, -0.2) is 28.4 Å². The molecule has 1 saturated carbocycles. The number of ether oxygens (including phenoxy) is 1. The molecule has 1 amide bonds. The molecule has 0 unspecified atom stereocenters. The minimum atomic E-state index is -0.169. The van der Waals surface area contributed by atoms with Gasteiger partial charge in [-0.25, -0.2) is 0 Å². The van der Waals surface area contributed by atoms with E-state index in [1.54, 1.807) is 6.20 Å². The molecule has 0 N–H and O–H groups in total. The molecule has 20 heavy (non-hydrogen) atoms. The summed E-state index contributed by atoms with van der Waals surface area (Å²) >= 11 is 0. The lowest BCUT2D eigenvalue weighted by Gasteiger charge is -2.28. The first kappa shape index (κ1) is 11.7. The largest absolute Gasteiger partial charge is 0.487 e. The molecule has 0 spiro atoms. The molecule has 1 aromatic heterocycles. The lowest BCUT2D eigenvalue weighted by atomic mass is 9.99. The molecule has 2 atom stereocenters. The molecule has 1 saturated heterocycles. The van der Waals surface area contributed by atoms with Crippen LogP contribution in [0.4, 0.5) is 0 Å². The van der Waals surface area contributed by atoms with Crippen LogP contribution in [0, 0.1) is 16.7 Å². The summed E-state index contributed by atoms with van der Waals surface area (Å²) in [4.78, 5) is 18.7. The third kappa shape index (κ3) is 1.48. The van der Waals surface area contributed by atoms with Gasteiger partial charge < -0.3 is 9.64 Å². The van der Waals surface area contributed by atoms with Gasteiger partial charge in [0.05, 0.1) is 12.6 Å². The van der Waals surface area contributed by atoms with Crippen LogP contribution in [0.25, 0.3) is 0 Å². The van der Waals surface area contributed by atoms with Crippen LogP contribution in [0.3, 0.4) is 0 Å². The molecule has 5 heteroatoms. The molecule has 102 valence electrons.